The van der Waals surface area contributed by atoms with Gasteiger partial charge in [-0.3, -0.25) is 0 Å². The maximum absolute atomic E-state index is 6.62. The molecule has 0 aliphatic rings. The summed E-state index contributed by atoms with van der Waals surface area (Å²) in [6, 6.07) is 5.75. The first-order chi connectivity index (χ1) is 15.9. The lowest BCUT2D eigenvalue weighted by molar-refractivity contribution is 1.22. The number of aliphatic imine (C=N–C) groups is 2. The molecule has 0 atom stereocenters. The molecule has 0 saturated carbocycles. The lowest BCUT2D eigenvalue weighted by Crippen LogP contribution is -2.05. The number of rotatable bonds is 4. The third kappa shape index (κ3) is 4.90. The first-order valence-electron chi connectivity index (χ1n) is 10.8. The number of halogens is 4. The van der Waals surface area contributed by atoms with Gasteiger partial charge in [-0.2, -0.15) is 0 Å². The summed E-state index contributed by atoms with van der Waals surface area (Å²) in [6.07, 6.45) is 0. The van der Waals surface area contributed by atoms with Crippen molar-refractivity contribution in [2.75, 3.05) is 0 Å². The minimum absolute atomic E-state index is 0.601. The van der Waals surface area contributed by atoms with Gasteiger partial charge in [-0.1, -0.05) is 52.5 Å². The third-order valence-corrected chi connectivity index (χ3v) is 8.33. The van der Waals surface area contributed by atoms with Crippen LogP contribution in [-0.2, 0) is 0 Å². The fourth-order valence-corrected chi connectivity index (χ4v) is 4.78. The molecule has 0 radical (unpaired) electrons. The van der Waals surface area contributed by atoms with Gasteiger partial charge in [0.15, 0.2) is 0 Å². The van der Waals surface area contributed by atoms with Gasteiger partial charge in [-0.15, -0.1) is 0 Å². The van der Waals surface area contributed by atoms with E-state index in [4.69, 9.17) is 61.4 Å². The Bertz CT molecular complexity index is 1210. The van der Waals surface area contributed by atoms with Crippen LogP contribution in [0.2, 0.25) is 20.1 Å². The average molecular weight is 535 g/mol. The van der Waals surface area contributed by atoms with Crippen LogP contribution in [0.15, 0.2) is 28.2 Å². The van der Waals surface area contributed by atoms with Gasteiger partial charge in [-0.25, -0.2) is 15.0 Å². The van der Waals surface area contributed by atoms with Gasteiger partial charge in [0.25, 0.3) is 0 Å². The molecule has 2 aromatic carbocycles. The molecule has 0 bridgehead atoms. The second kappa shape index (κ2) is 10.4. The fourth-order valence-electron chi connectivity index (χ4n) is 3.67. The Morgan fingerprint density at radius 3 is 1.24 bits per heavy atom. The molecule has 1 heterocycles. The van der Waals surface area contributed by atoms with Crippen LogP contribution < -0.4 is 0 Å². The van der Waals surface area contributed by atoms with E-state index in [2.05, 4.69) is 0 Å². The van der Waals surface area contributed by atoms with Crippen molar-refractivity contribution in [3.05, 3.63) is 83.1 Å². The Hall–Kier alpha value is -1.91. The topological polar surface area (TPSA) is 37.6 Å². The minimum atomic E-state index is 0.601. The Morgan fingerprint density at radius 2 is 0.882 bits per heavy atom. The number of pyridine rings is 1. The first kappa shape index (κ1) is 26.7. The van der Waals surface area contributed by atoms with Crippen molar-refractivity contribution in [3.63, 3.8) is 0 Å². The highest BCUT2D eigenvalue weighted by Gasteiger charge is 2.17. The van der Waals surface area contributed by atoms with Crippen LogP contribution in [0.4, 0.5) is 11.4 Å². The smallest absolute Gasteiger partial charge is 0.0866 e. The third-order valence-electron chi connectivity index (χ3n) is 6.28. The molecular formula is C27H27Cl4N3. The van der Waals surface area contributed by atoms with Crippen LogP contribution in [0, 0.1) is 41.5 Å². The van der Waals surface area contributed by atoms with E-state index in [1.54, 1.807) is 0 Å². The SMILES string of the molecule is CC(=Nc1c(C)c(Cl)c(C)c(C)c1Cl)c1cccc(C(C)=Nc2c(C)c(Cl)c(C)c(C)c2Cl)n1. The van der Waals surface area contributed by atoms with Crippen molar-refractivity contribution in [1.29, 1.82) is 0 Å². The second-order valence-corrected chi connectivity index (χ2v) is 10.0. The molecule has 0 N–H and O–H groups in total. The number of hydrogen-bond acceptors (Lipinski definition) is 3. The highest BCUT2D eigenvalue weighted by molar-refractivity contribution is 6.38. The zero-order valence-corrected chi connectivity index (χ0v) is 23.6. The number of nitrogens with zero attached hydrogens (tertiary/aromatic N) is 3. The molecule has 3 aromatic rings. The maximum Gasteiger partial charge on any atom is 0.0866 e. The van der Waals surface area contributed by atoms with Gasteiger partial charge in [0.1, 0.15) is 0 Å². The second-order valence-electron chi connectivity index (χ2n) is 8.51. The first-order valence-corrected chi connectivity index (χ1v) is 12.4. The monoisotopic (exact) mass is 533 g/mol. The molecule has 3 rings (SSSR count). The number of benzene rings is 2. The summed E-state index contributed by atoms with van der Waals surface area (Å²) >= 11 is 26.3. The molecule has 0 saturated heterocycles. The minimum Gasteiger partial charge on any atom is -0.250 e. The van der Waals surface area contributed by atoms with Gasteiger partial charge in [-0.05, 0) is 101 Å². The quantitative estimate of drug-likeness (QED) is 0.307. The molecule has 0 unspecified atom stereocenters. The van der Waals surface area contributed by atoms with Crippen molar-refractivity contribution in [1.82, 2.24) is 4.98 Å². The molecule has 0 aliphatic heterocycles. The van der Waals surface area contributed by atoms with E-state index in [0.717, 1.165) is 56.2 Å². The summed E-state index contributed by atoms with van der Waals surface area (Å²) in [5, 5.41) is 2.56. The van der Waals surface area contributed by atoms with Gasteiger partial charge in [0, 0.05) is 10.0 Å². The molecular weight excluding hydrogens is 508 g/mol. The highest BCUT2D eigenvalue weighted by Crippen LogP contribution is 2.41. The van der Waals surface area contributed by atoms with E-state index < -0.39 is 0 Å². The van der Waals surface area contributed by atoms with Crippen molar-refractivity contribution in [2.45, 2.75) is 55.4 Å². The lowest BCUT2D eigenvalue weighted by Gasteiger charge is -2.14. The van der Waals surface area contributed by atoms with Crippen LogP contribution in [0.1, 0.15) is 58.6 Å². The largest absolute Gasteiger partial charge is 0.250 e. The van der Waals surface area contributed by atoms with E-state index in [1.807, 2.05) is 73.6 Å². The Kier molecular flexibility index (Phi) is 8.14. The predicted molar refractivity (Wildman–Crippen MR) is 149 cm³/mol. The van der Waals surface area contributed by atoms with Gasteiger partial charge >= 0.3 is 0 Å². The molecule has 7 heteroatoms. The molecule has 178 valence electrons. The normalized spacial score (nSPS) is 12.5. The zero-order chi connectivity index (χ0) is 25.5. The molecule has 0 aliphatic carbocycles. The Balaban J connectivity index is 2.08. The standard InChI is InChI=1S/C27H27Cl4N3/c1-12-14(3)24(30)26(16(5)22(12)28)32-18(7)20-10-9-11-21(34-20)19(8)33-27-17(6)23(29)13(2)15(4)25(27)31/h9-11H,1-8H3. The Morgan fingerprint density at radius 1 is 0.559 bits per heavy atom. The van der Waals surface area contributed by atoms with Crippen LogP contribution in [0.25, 0.3) is 0 Å². The van der Waals surface area contributed by atoms with Crippen LogP contribution in [-0.4, -0.2) is 16.4 Å². The van der Waals surface area contributed by atoms with Gasteiger partial charge in [0.05, 0.1) is 44.2 Å². The van der Waals surface area contributed by atoms with Crippen LogP contribution in [0.5, 0.6) is 0 Å². The molecule has 1 aromatic heterocycles. The van der Waals surface area contributed by atoms with E-state index in [-0.39, 0.29) is 0 Å². The van der Waals surface area contributed by atoms with Gasteiger partial charge < -0.3 is 0 Å². The number of hydrogen-bond donors (Lipinski definition) is 0. The van der Waals surface area contributed by atoms with Crippen molar-refractivity contribution < 1.29 is 0 Å². The van der Waals surface area contributed by atoms with E-state index >= 15 is 0 Å². The Labute approximate surface area is 221 Å². The van der Waals surface area contributed by atoms with Crippen LogP contribution >= 0.6 is 46.4 Å². The van der Waals surface area contributed by atoms with Crippen LogP contribution in [0.3, 0.4) is 0 Å². The average Bonchev–Trinajstić information content (AvgIpc) is 2.84. The summed E-state index contributed by atoms with van der Waals surface area (Å²) in [7, 11) is 0. The summed E-state index contributed by atoms with van der Waals surface area (Å²) < 4.78 is 0. The summed E-state index contributed by atoms with van der Waals surface area (Å²) in [4.78, 5) is 14.4. The molecule has 0 fully saturated rings. The molecule has 3 nitrogen and oxygen atoms in total. The van der Waals surface area contributed by atoms with E-state index in [0.29, 0.717) is 31.5 Å². The van der Waals surface area contributed by atoms with Crippen molar-refractivity contribution in [3.8, 4) is 0 Å². The maximum atomic E-state index is 6.62. The lowest BCUT2D eigenvalue weighted by atomic mass is 10.0. The summed E-state index contributed by atoms with van der Waals surface area (Å²) in [5.41, 5.74) is 9.69. The summed E-state index contributed by atoms with van der Waals surface area (Å²) in [5.74, 6) is 0. The zero-order valence-electron chi connectivity index (χ0n) is 20.6. The van der Waals surface area contributed by atoms with Crippen molar-refractivity contribution in [2.24, 2.45) is 9.98 Å². The fraction of sp³-hybridized carbons (Fsp3) is 0.296. The van der Waals surface area contributed by atoms with E-state index in [1.165, 1.54) is 0 Å². The number of aromatic nitrogens is 1. The summed E-state index contributed by atoms with van der Waals surface area (Å²) in [6.45, 7) is 15.5. The highest BCUT2D eigenvalue weighted by atomic mass is 35.5. The molecule has 34 heavy (non-hydrogen) atoms. The van der Waals surface area contributed by atoms with E-state index in [9.17, 15) is 0 Å². The molecule has 0 spiro atoms. The van der Waals surface area contributed by atoms with Gasteiger partial charge in [0.2, 0.25) is 0 Å². The van der Waals surface area contributed by atoms with Crippen molar-refractivity contribution >= 4 is 69.2 Å². The molecule has 0 amide bonds. The predicted octanol–water partition coefficient (Wildman–Crippen LogP) is 9.83.